The number of carbonyl (C=O) groups is 1. The van der Waals surface area contributed by atoms with Crippen LogP contribution in [0.1, 0.15) is 10.4 Å². The Hall–Kier alpha value is -2.05. The maximum absolute atomic E-state index is 12.4. The van der Waals surface area contributed by atoms with Crippen molar-refractivity contribution in [2.24, 2.45) is 0 Å². The number of hydrogen-bond acceptors (Lipinski definition) is 4. The number of nitrogen functional groups attached to an aromatic ring is 1. The number of H-pyrrole nitrogens is 1. The van der Waals surface area contributed by atoms with Gasteiger partial charge in [0, 0.05) is 35.9 Å². The van der Waals surface area contributed by atoms with Crippen molar-refractivity contribution in [1.29, 1.82) is 0 Å². The molecule has 2 heterocycles. The van der Waals surface area contributed by atoms with E-state index in [0.717, 1.165) is 10.9 Å². The fourth-order valence-electron chi connectivity index (χ4n) is 2.42. The van der Waals surface area contributed by atoms with Gasteiger partial charge < -0.3 is 25.8 Å². The summed E-state index contributed by atoms with van der Waals surface area (Å²) in [7, 11) is 0. The fourth-order valence-corrected chi connectivity index (χ4v) is 2.42. The lowest BCUT2D eigenvalue weighted by Gasteiger charge is -2.14. The van der Waals surface area contributed by atoms with Crippen LogP contribution in [0.4, 0.5) is 5.69 Å². The van der Waals surface area contributed by atoms with Gasteiger partial charge in [-0.3, -0.25) is 4.79 Å². The monoisotopic (exact) mass is 261 g/mol. The lowest BCUT2D eigenvalue weighted by atomic mass is 10.1. The van der Waals surface area contributed by atoms with Gasteiger partial charge in [-0.15, -0.1) is 0 Å². The molecule has 1 aliphatic rings. The Morgan fingerprint density at radius 2 is 2.00 bits per heavy atom. The third-order valence-corrected chi connectivity index (χ3v) is 3.48. The lowest BCUT2D eigenvalue weighted by molar-refractivity contribution is 0.0572. The number of aliphatic hydroxyl groups excluding tert-OH is 2. The van der Waals surface area contributed by atoms with Crippen molar-refractivity contribution >= 4 is 22.5 Å². The number of anilines is 1. The number of hydrogen-bond donors (Lipinski definition) is 4. The van der Waals surface area contributed by atoms with Crippen molar-refractivity contribution < 1.29 is 15.0 Å². The van der Waals surface area contributed by atoms with Crippen LogP contribution in [0.25, 0.3) is 10.9 Å². The molecule has 1 aliphatic heterocycles. The van der Waals surface area contributed by atoms with E-state index in [1.165, 1.54) is 4.90 Å². The largest absolute Gasteiger partial charge is 0.399 e. The Morgan fingerprint density at radius 3 is 2.68 bits per heavy atom. The number of aliphatic hydroxyl groups is 2. The summed E-state index contributed by atoms with van der Waals surface area (Å²) >= 11 is 0. The van der Waals surface area contributed by atoms with Gasteiger partial charge in [0.15, 0.2) is 0 Å². The molecular formula is C13H15N3O3. The van der Waals surface area contributed by atoms with Crippen LogP contribution in [-0.2, 0) is 0 Å². The van der Waals surface area contributed by atoms with Crippen LogP contribution < -0.4 is 5.73 Å². The molecule has 19 heavy (non-hydrogen) atoms. The van der Waals surface area contributed by atoms with Gasteiger partial charge in [0.05, 0.1) is 17.8 Å². The van der Waals surface area contributed by atoms with Gasteiger partial charge >= 0.3 is 0 Å². The highest BCUT2D eigenvalue weighted by atomic mass is 16.3. The second kappa shape index (κ2) is 4.25. The quantitative estimate of drug-likeness (QED) is 0.539. The Kier molecular flexibility index (Phi) is 2.69. The number of aromatic amines is 1. The third kappa shape index (κ3) is 1.94. The van der Waals surface area contributed by atoms with E-state index in [2.05, 4.69) is 4.98 Å². The molecule has 0 aliphatic carbocycles. The number of fused-ring (bicyclic) bond motifs is 1. The van der Waals surface area contributed by atoms with E-state index in [1.54, 1.807) is 18.3 Å². The van der Waals surface area contributed by atoms with Crippen LogP contribution in [0.3, 0.4) is 0 Å². The van der Waals surface area contributed by atoms with E-state index < -0.39 is 12.2 Å². The van der Waals surface area contributed by atoms with Crippen LogP contribution in [0.2, 0.25) is 0 Å². The van der Waals surface area contributed by atoms with Crippen LogP contribution in [0, 0.1) is 0 Å². The van der Waals surface area contributed by atoms with E-state index >= 15 is 0 Å². The van der Waals surface area contributed by atoms with Gasteiger partial charge in [-0.25, -0.2) is 0 Å². The van der Waals surface area contributed by atoms with Crippen LogP contribution in [0.5, 0.6) is 0 Å². The summed E-state index contributed by atoms with van der Waals surface area (Å²) in [6.07, 6.45) is -0.123. The molecule has 100 valence electrons. The zero-order chi connectivity index (χ0) is 13.6. The topological polar surface area (TPSA) is 103 Å². The Balaban J connectivity index is 1.96. The van der Waals surface area contributed by atoms with Gasteiger partial charge in [0.2, 0.25) is 0 Å². The molecule has 1 saturated heterocycles. The summed E-state index contributed by atoms with van der Waals surface area (Å²) in [6, 6.07) is 5.31. The summed E-state index contributed by atoms with van der Waals surface area (Å²) in [5.74, 6) is -0.215. The first-order valence-corrected chi connectivity index (χ1v) is 6.08. The van der Waals surface area contributed by atoms with Crippen molar-refractivity contribution in [3.63, 3.8) is 0 Å². The molecule has 1 fully saturated rings. The highest BCUT2D eigenvalue weighted by molar-refractivity contribution is 6.07. The zero-order valence-electron chi connectivity index (χ0n) is 10.2. The van der Waals surface area contributed by atoms with E-state index in [0.29, 0.717) is 11.3 Å². The fraction of sp³-hybridized carbons (Fsp3) is 0.308. The molecule has 5 N–H and O–H groups in total. The van der Waals surface area contributed by atoms with Gasteiger partial charge in [-0.1, -0.05) is 0 Å². The van der Waals surface area contributed by atoms with Crippen LogP contribution in [-0.4, -0.2) is 51.3 Å². The number of likely N-dealkylation sites (tertiary alicyclic amines) is 1. The highest BCUT2D eigenvalue weighted by Crippen LogP contribution is 2.23. The number of carbonyl (C=O) groups excluding carboxylic acids is 1. The molecule has 0 radical (unpaired) electrons. The lowest BCUT2D eigenvalue weighted by Crippen LogP contribution is -2.29. The Bertz CT molecular complexity index is 627. The van der Waals surface area contributed by atoms with E-state index in [1.807, 2.05) is 6.07 Å². The van der Waals surface area contributed by atoms with Crippen molar-refractivity contribution in [3.05, 3.63) is 30.0 Å². The third-order valence-electron chi connectivity index (χ3n) is 3.48. The summed E-state index contributed by atoms with van der Waals surface area (Å²) < 4.78 is 0. The summed E-state index contributed by atoms with van der Waals surface area (Å²) in [6.45, 7) is 0.296. The van der Waals surface area contributed by atoms with Crippen LogP contribution in [0.15, 0.2) is 24.4 Å². The molecule has 1 aromatic carbocycles. The van der Waals surface area contributed by atoms with Crippen molar-refractivity contribution in [1.82, 2.24) is 9.88 Å². The molecule has 0 spiro atoms. The molecule has 0 bridgehead atoms. The number of nitrogens with one attached hydrogen (secondary N) is 1. The molecule has 3 rings (SSSR count). The number of benzene rings is 1. The van der Waals surface area contributed by atoms with Crippen molar-refractivity contribution in [3.8, 4) is 0 Å². The smallest absolute Gasteiger partial charge is 0.256 e. The number of nitrogens with two attached hydrogens (primary N) is 1. The number of nitrogens with zero attached hydrogens (tertiary/aromatic N) is 1. The standard InChI is InChI=1S/C13H15N3O3/c14-7-1-2-10-8(3-7)9(4-15-10)13(19)16-5-11(17)12(18)6-16/h1-4,11-12,15,17-18H,5-6,14H2. The molecule has 2 unspecified atom stereocenters. The number of amides is 1. The maximum atomic E-state index is 12.4. The normalized spacial score (nSPS) is 23.2. The first kappa shape index (κ1) is 12.0. The summed E-state index contributed by atoms with van der Waals surface area (Å²) in [5.41, 5.74) is 7.65. The molecule has 1 amide bonds. The van der Waals surface area contributed by atoms with E-state index in [4.69, 9.17) is 5.73 Å². The van der Waals surface area contributed by atoms with Gasteiger partial charge in [0.1, 0.15) is 0 Å². The molecule has 2 aromatic rings. The second-order valence-corrected chi connectivity index (χ2v) is 4.85. The zero-order valence-corrected chi connectivity index (χ0v) is 10.2. The minimum absolute atomic E-state index is 0.148. The van der Waals surface area contributed by atoms with Crippen molar-refractivity contribution in [2.75, 3.05) is 18.8 Å². The van der Waals surface area contributed by atoms with Crippen molar-refractivity contribution in [2.45, 2.75) is 12.2 Å². The number of β-amino-alcohol motifs (C(OH)–C–C–N with tert-alkyl or cyclic N) is 2. The molecule has 6 heteroatoms. The molecule has 6 nitrogen and oxygen atoms in total. The predicted octanol–water partition coefficient (Wildman–Crippen LogP) is -0.0723. The van der Waals surface area contributed by atoms with Crippen LogP contribution >= 0.6 is 0 Å². The summed E-state index contributed by atoms with van der Waals surface area (Å²) in [5, 5.41) is 19.8. The van der Waals surface area contributed by atoms with Gasteiger partial charge in [-0.05, 0) is 18.2 Å². The molecular weight excluding hydrogens is 246 g/mol. The number of aromatic nitrogens is 1. The molecule has 2 atom stereocenters. The molecule has 1 aromatic heterocycles. The van der Waals surface area contributed by atoms with E-state index in [9.17, 15) is 15.0 Å². The first-order valence-electron chi connectivity index (χ1n) is 6.08. The average Bonchev–Trinajstić information content (AvgIpc) is 2.93. The average molecular weight is 261 g/mol. The Labute approximate surface area is 109 Å². The van der Waals surface area contributed by atoms with E-state index in [-0.39, 0.29) is 19.0 Å². The predicted molar refractivity (Wildman–Crippen MR) is 70.6 cm³/mol. The SMILES string of the molecule is Nc1ccc2[nH]cc(C(=O)N3CC(O)C(O)C3)c2c1. The molecule has 0 saturated carbocycles. The summed E-state index contributed by atoms with van der Waals surface area (Å²) in [4.78, 5) is 16.8. The maximum Gasteiger partial charge on any atom is 0.256 e. The second-order valence-electron chi connectivity index (χ2n) is 4.85. The first-order chi connectivity index (χ1) is 9.06. The highest BCUT2D eigenvalue weighted by Gasteiger charge is 2.33. The minimum Gasteiger partial charge on any atom is -0.399 e. The minimum atomic E-state index is -0.876. The van der Waals surface area contributed by atoms with Gasteiger partial charge in [-0.2, -0.15) is 0 Å². The van der Waals surface area contributed by atoms with Gasteiger partial charge in [0.25, 0.3) is 5.91 Å². The number of rotatable bonds is 1. The Morgan fingerprint density at radius 1 is 1.32 bits per heavy atom.